The number of hydrogen-bond acceptors (Lipinski definition) is 3. The third kappa shape index (κ3) is 3.72. The van der Waals surface area contributed by atoms with Crippen LogP contribution in [0.2, 0.25) is 0 Å². The van der Waals surface area contributed by atoms with Crippen LogP contribution in [0.1, 0.15) is 59.8 Å². The minimum atomic E-state index is -0.112. The summed E-state index contributed by atoms with van der Waals surface area (Å²) in [5, 5.41) is 0. The minimum absolute atomic E-state index is 0.0100. The van der Waals surface area contributed by atoms with E-state index in [9.17, 15) is 4.79 Å². The summed E-state index contributed by atoms with van der Waals surface area (Å²) in [6.45, 7) is 9.35. The monoisotopic (exact) mass is 367 g/mol. The van der Waals surface area contributed by atoms with Crippen molar-refractivity contribution in [2.24, 2.45) is 0 Å². The van der Waals surface area contributed by atoms with Gasteiger partial charge in [-0.25, -0.2) is 0 Å². The fourth-order valence-electron chi connectivity index (χ4n) is 3.93. The summed E-state index contributed by atoms with van der Waals surface area (Å²) in [4.78, 5) is 15.6. The van der Waals surface area contributed by atoms with Crippen LogP contribution in [0.4, 0.5) is 0 Å². The summed E-state index contributed by atoms with van der Waals surface area (Å²) < 4.78 is 11.6. The van der Waals surface area contributed by atoms with Crippen LogP contribution in [-0.4, -0.2) is 37.2 Å². The van der Waals surface area contributed by atoms with Crippen molar-refractivity contribution in [1.29, 1.82) is 0 Å². The smallest absolute Gasteiger partial charge is 0.258 e. The molecule has 4 heteroatoms. The third-order valence-corrected chi connectivity index (χ3v) is 5.33. The standard InChI is InChI=1S/C23H29NO3/c1-15(2)19-12-11-16(3)20(22(19)26-5)23(25)24-13-14-27-17(4)21(24)18-9-7-6-8-10-18/h6-12,15,17,21H,13-14H2,1-5H3. The number of hydrogen-bond donors (Lipinski definition) is 0. The average Bonchev–Trinajstić information content (AvgIpc) is 2.67. The van der Waals surface area contributed by atoms with Gasteiger partial charge in [-0.3, -0.25) is 4.79 Å². The highest BCUT2D eigenvalue weighted by Crippen LogP contribution is 2.36. The second-order valence-electron chi connectivity index (χ2n) is 7.46. The number of amides is 1. The van der Waals surface area contributed by atoms with Crippen LogP contribution in [0.15, 0.2) is 42.5 Å². The molecule has 1 fully saturated rings. The summed E-state index contributed by atoms with van der Waals surface area (Å²) >= 11 is 0. The lowest BCUT2D eigenvalue weighted by atomic mass is 9.93. The molecule has 0 saturated carbocycles. The van der Waals surface area contributed by atoms with Gasteiger partial charge < -0.3 is 14.4 Å². The van der Waals surface area contributed by atoms with Crippen molar-refractivity contribution in [2.75, 3.05) is 20.3 Å². The Morgan fingerprint density at radius 1 is 1.19 bits per heavy atom. The van der Waals surface area contributed by atoms with E-state index < -0.39 is 0 Å². The third-order valence-electron chi connectivity index (χ3n) is 5.33. The first-order chi connectivity index (χ1) is 13.0. The van der Waals surface area contributed by atoms with Gasteiger partial charge in [0.25, 0.3) is 5.91 Å². The molecule has 0 spiro atoms. The Labute approximate surface area is 162 Å². The lowest BCUT2D eigenvalue weighted by molar-refractivity contribution is -0.0513. The van der Waals surface area contributed by atoms with Crippen LogP contribution in [0.25, 0.3) is 0 Å². The molecule has 144 valence electrons. The van der Waals surface area contributed by atoms with E-state index in [0.717, 1.165) is 16.7 Å². The fourth-order valence-corrected chi connectivity index (χ4v) is 3.93. The number of aryl methyl sites for hydroxylation is 1. The van der Waals surface area contributed by atoms with Gasteiger partial charge in [0, 0.05) is 6.54 Å². The number of ether oxygens (including phenoxy) is 2. The van der Waals surface area contributed by atoms with Crippen molar-refractivity contribution in [2.45, 2.75) is 45.8 Å². The Morgan fingerprint density at radius 3 is 2.52 bits per heavy atom. The molecule has 1 aliphatic heterocycles. The molecule has 2 aromatic rings. The highest BCUT2D eigenvalue weighted by molar-refractivity contribution is 5.99. The summed E-state index contributed by atoms with van der Waals surface area (Å²) in [6.07, 6.45) is -0.0651. The lowest BCUT2D eigenvalue weighted by Crippen LogP contribution is -2.47. The number of carbonyl (C=O) groups excluding carboxylic acids is 1. The van der Waals surface area contributed by atoms with E-state index in [2.05, 4.69) is 32.0 Å². The molecule has 0 N–H and O–H groups in total. The Morgan fingerprint density at radius 2 is 1.89 bits per heavy atom. The van der Waals surface area contributed by atoms with Gasteiger partial charge in [0.2, 0.25) is 0 Å². The molecule has 0 aromatic heterocycles. The van der Waals surface area contributed by atoms with Crippen molar-refractivity contribution in [3.8, 4) is 5.75 Å². The quantitative estimate of drug-likeness (QED) is 0.784. The molecule has 4 nitrogen and oxygen atoms in total. The molecule has 1 amide bonds. The number of rotatable bonds is 4. The predicted molar refractivity (Wildman–Crippen MR) is 107 cm³/mol. The van der Waals surface area contributed by atoms with Crippen LogP contribution in [0.3, 0.4) is 0 Å². The SMILES string of the molecule is COc1c(C(C)C)ccc(C)c1C(=O)N1CCOC(C)C1c1ccccc1. The van der Waals surface area contributed by atoms with E-state index in [1.165, 1.54) is 0 Å². The van der Waals surface area contributed by atoms with Gasteiger partial charge in [-0.1, -0.05) is 56.3 Å². The van der Waals surface area contributed by atoms with Gasteiger partial charge in [-0.05, 0) is 36.5 Å². The Bertz CT molecular complexity index is 801. The largest absolute Gasteiger partial charge is 0.496 e. The predicted octanol–water partition coefficient (Wildman–Crippen LogP) is 4.73. The molecule has 2 aromatic carbocycles. The maximum Gasteiger partial charge on any atom is 0.258 e. The lowest BCUT2D eigenvalue weighted by Gasteiger charge is -2.40. The summed E-state index contributed by atoms with van der Waals surface area (Å²) in [7, 11) is 1.65. The molecule has 3 rings (SSSR count). The van der Waals surface area contributed by atoms with Gasteiger partial charge in [-0.15, -0.1) is 0 Å². The van der Waals surface area contributed by atoms with Crippen LogP contribution in [0, 0.1) is 6.92 Å². The van der Waals surface area contributed by atoms with E-state index in [0.29, 0.717) is 24.5 Å². The highest BCUT2D eigenvalue weighted by Gasteiger charge is 2.36. The van der Waals surface area contributed by atoms with Gasteiger partial charge in [0.05, 0.1) is 31.4 Å². The van der Waals surface area contributed by atoms with E-state index in [4.69, 9.17) is 9.47 Å². The van der Waals surface area contributed by atoms with Gasteiger partial charge >= 0.3 is 0 Å². The van der Waals surface area contributed by atoms with E-state index >= 15 is 0 Å². The van der Waals surface area contributed by atoms with Crippen LogP contribution in [-0.2, 0) is 4.74 Å². The molecular formula is C23H29NO3. The van der Waals surface area contributed by atoms with Crippen molar-refractivity contribution < 1.29 is 14.3 Å². The van der Waals surface area contributed by atoms with E-state index in [-0.39, 0.29) is 24.0 Å². The fraction of sp³-hybridized carbons (Fsp3) is 0.435. The molecule has 1 saturated heterocycles. The maximum absolute atomic E-state index is 13.7. The van der Waals surface area contributed by atoms with Crippen LogP contribution < -0.4 is 4.74 Å². The van der Waals surface area contributed by atoms with Crippen LogP contribution >= 0.6 is 0 Å². The molecule has 2 atom stereocenters. The van der Waals surface area contributed by atoms with Gasteiger partial charge in [0.15, 0.2) is 0 Å². The highest BCUT2D eigenvalue weighted by atomic mass is 16.5. The van der Waals surface area contributed by atoms with Crippen LogP contribution in [0.5, 0.6) is 5.75 Å². The summed E-state index contributed by atoms with van der Waals surface area (Å²) in [5.41, 5.74) is 3.75. The zero-order chi connectivity index (χ0) is 19.6. The Hall–Kier alpha value is -2.33. The Balaban J connectivity index is 2.07. The first kappa shape index (κ1) is 19.4. The molecule has 2 unspecified atom stereocenters. The molecule has 27 heavy (non-hydrogen) atoms. The molecular weight excluding hydrogens is 338 g/mol. The van der Waals surface area contributed by atoms with Gasteiger partial charge in [-0.2, -0.15) is 0 Å². The molecule has 1 aliphatic rings. The average molecular weight is 367 g/mol. The maximum atomic E-state index is 13.7. The second kappa shape index (κ2) is 8.13. The number of benzene rings is 2. The van der Waals surface area contributed by atoms with E-state index in [1.54, 1.807) is 7.11 Å². The molecule has 1 heterocycles. The molecule has 0 radical (unpaired) electrons. The minimum Gasteiger partial charge on any atom is -0.496 e. The van der Waals surface area contributed by atoms with Crippen molar-refractivity contribution in [3.63, 3.8) is 0 Å². The number of nitrogens with zero attached hydrogens (tertiary/aromatic N) is 1. The summed E-state index contributed by atoms with van der Waals surface area (Å²) in [5.74, 6) is 0.984. The number of morpholine rings is 1. The second-order valence-corrected chi connectivity index (χ2v) is 7.46. The zero-order valence-electron chi connectivity index (χ0n) is 16.9. The first-order valence-corrected chi connectivity index (χ1v) is 9.60. The molecule has 0 aliphatic carbocycles. The van der Waals surface area contributed by atoms with Gasteiger partial charge in [0.1, 0.15) is 5.75 Å². The Kier molecular flexibility index (Phi) is 5.85. The normalized spacial score (nSPS) is 20.0. The van der Waals surface area contributed by atoms with Crippen molar-refractivity contribution in [3.05, 3.63) is 64.7 Å². The van der Waals surface area contributed by atoms with Crippen molar-refractivity contribution >= 4 is 5.91 Å². The van der Waals surface area contributed by atoms with E-state index in [1.807, 2.05) is 43.0 Å². The number of carbonyl (C=O) groups is 1. The first-order valence-electron chi connectivity index (χ1n) is 9.60. The topological polar surface area (TPSA) is 38.8 Å². The summed E-state index contributed by atoms with van der Waals surface area (Å²) in [6, 6.07) is 14.1. The van der Waals surface area contributed by atoms with Crippen molar-refractivity contribution in [1.82, 2.24) is 4.90 Å². The molecule has 0 bridgehead atoms. The zero-order valence-corrected chi connectivity index (χ0v) is 16.9. The number of methoxy groups -OCH3 is 1.